The second-order valence-corrected chi connectivity index (χ2v) is 3.76. The molecule has 1 heterocycles. The van der Waals surface area contributed by atoms with E-state index in [1.54, 1.807) is 0 Å². The Morgan fingerprint density at radius 3 is 3.00 bits per heavy atom. The van der Waals surface area contributed by atoms with Crippen LogP contribution in [0.15, 0.2) is 12.3 Å². The number of aromatic nitrogens is 1. The van der Waals surface area contributed by atoms with Gasteiger partial charge in [-0.2, -0.15) is 4.39 Å². The van der Waals surface area contributed by atoms with Crippen LogP contribution in [0.4, 0.5) is 4.39 Å². The lowest BCUT2D eigenvalue weighted by Gasteiger charge is -2.00. The molecule has 1 aromatic rings. The summed E-state index contributed by atoms with van der Waals surface area (Å²) in [4.78, 5) is 14.0. The fourth-order valence-electron chi connectivity index (χ4n) is 1.51. The highest BCUT2D eigenvalue weighted by molar-refractivity contribution is 6.30. The molecular weight excluding hydrogens is 209 g/mol. The molecule has 1 aliphatic carbocycles. The van der Waals surface area contributed by atoms with Gasteiger partial charge in [-0.3, -0.25) is 4.79 Å². The van der Waals surface area contributed by atoms with Gasteiger partial charge in [0.15, 0.2) is 0 Å². The standard InChI is InChI=1S/C9H7ClFNO2/c10-4-1-6(8(11)12-3-4)5-2-7(5)9(13)14/h1,3,5,7H,2H2,(H,13,14). The van der Waals surface area contributed by atoms with E-state index in [0.717, 1.165) is 0 Å². The van der Waals surface area contributed by atoms with E-state index in [9.17, 15) is 9.18 Å². The summed E-state index contributed by atoms with van der Waals surface area (Å²) in [6.07, 6.45) is 1.67. The summed E-state index contributed by atoms with van der Waals surface area (Å²) < 4.78 is 13.1. The zero-order valence-electron chi connectivity index (χ0n) is 7.08. The average molecular weight is 216 g/mol. The van der Waals surface area contributed by atoms with E-state index in [0.29, 0.717) is 17.0 Å². The Labute approximate surface area is 84.5 Å². The lowest BCUT2D eigenvalue weighted by atomic mass is 10.1. The van der Waals surface area contributed by atoms with Gasteiger partial charge >= 0.3 is 5.97 Å². The summed E-state index contributed by atoms with van der Waals surface area (Å²) in [5.74, 6) is -2.26. The molecule has 1 saturated carbocycles. The van der Waals surface area contributed by atoms with Crippen molar-refractivity contribution in [3.8, 4) is 0 Å². The molecule has 3 nitrogen and oxygen atoms in total. The van der Waals surface area contributed by atoms with Crippen molar-refractivity contribution in [3.63, 3.8) is 0 Å². The molecule has 1 N–H and O–H groups in total. The van der Waals surface area contributed by atoms with Crippen LogP contribution in [0.5, 0.6) is 0 Å². The van der Waals surface area contributed by atoms with Gasteiger partial charge in [0.2, 0.25) is 5.95 Å². The van der Waals surface area contributed by atoms with Crippen molar-refractivity contribution in [2.75, 3.05) is 0 Å². The normalized spacial score (nSPS) is 24.7. The van der Waals surface area contributed by atoms with Crippen LogP contribution >= 0.6 is 11.6 Å². The van der Waals surface area contributed by atoms with Gasteiger partial charge < -0.3 is 5.11 Å². The minimum Gasteiger partial charge on any atom is -0.481 e. The maximum absolute atomic E-state index is 13.1. The predicted octanol–water partition coefficient (Wildman–Crippen LogP) is 2.06. The Hall–Kier alpha value is -1.16. The summed E-state index contributed by atoms with van der Waals surface area (Å²) in [5.41, 5.74) is 0.310. The zero-order chi connectivity index (χ0) is 10.3. The van der Waals surface area contributed by atoms with Crippen molar-refractivity contribution < 1.29 is 14.3 Å². The quantitative estimate of drug-likeness (QED) is 0.769. The van der Waals surface area contributed by atoms with Gasteiger partial charge in [-0.25, -0.2) is 4.98 Å². The Morgan fingerprint density at radius 1 is 1.71 bits per heavy atom. The molecule has 5 heteroatoms. The van der Waals surface area contributed by atoms with E-state index in [-0.39, 0.29) is 5.92 Å². The van der Waals surface area contributed by atoms with Crippen LogP contribution in [0.3, 0.4) is 0 Å². The summed E-state index contributed by atoms with van der Waals surface area (Å²) in [6.45, 7) is 0. The number of halogens is 2. The maximum atomic E-state index is 13.1. The molecule has 0 saturated heterocycles. The monoisotopic (exact) mass is 215 g/mol. The fraction of sp³-hybridized carbons (Fsp3) is 0.333. The first-order valence-electron chi connectivity index (χ1n) is 4.13. The van der Waals surface area contributed by atoms with Crippen LogP contribution in [-0.2, 0) is 4.79 Å². The third-order valence-corrected chi connectivity index (χ3v) is 2.55. The van der Waals surface area contributed by atoms with Crippen LogP contribution in [0, 0.1) is 11.9 Å². The molecule has 0 spiro atoms. The molecular formula is C9H7ClFNO2. The summed E-state index contributed by atoms with van der Waals surface area (Å²) >= 11 is 5.64. The Kier molecular flexibility index (Phi) is 2.15. The number of pyridine rings is 1. The van der Waals surface area contributed by atoms with Crippen LogP contribution in [-0.4, -0.2) is 16.1 Å². The van der Waals surface area contributed by atoms with E-state index in [1.165, 1.54) is 12.3 Å². The molecule has 0 radical (unpaired) electrons. The van der Waals surface area contributed by atoms with E-state index in [4.69, 9.17) is 16.7 Å². The Balaban J connectivity index is 2.26. The number of aliphatic carboxylic acids is 1. The number of carbonyl (C=O) groups is 1. The minimum atomic E-state index is -0.894. The first-order chi connectivity index (χ1) is 6.59. The first-order valence-corrected chi connectivity index (χ1v) is 4.51. The minimum absolute atomic E-state index is 0.265. The van der Waals surface area contributed by atoms with Crippen molar-refractivity contribution in [2.24, 2.45) is 5.92 Å². The van der Waals surface area contributed by atoms with Crippen LogP contribution < -0.4 is 0 Å². The third-order valence-electron chi connectivity index (χ3n) is 2.34. The molecule has 1 aromatic heterocycles. The lowest BCUT2D eigenvalue weighted by Crippen LogP contribution is -2.00. The molecule has 74 valence electrons. The van der Waals surface area contributed by atoms with Crippen LogP contribution in [0.1, 0.15) is 17.9 Å². The van der Waals surface area contributed by atoms with Crippen molar-refractivity contribution in [1.82, 2.24) is 4.98 Å². The molecule has 1 fully saturated rings. The SMILES string of the molecule is O=C(O)C1CC1c1cc(Cl)cnc1F. The van der Waals surface area contributed by atoms with E-state index >= 15 is 0 Å². The van der Waals surface area contributed by atoms with Gasteiger partial charge in [0, 0.05) is 17.7 Å². The third kappa shape index (κ3) is 1.57. The predicted molar refractivity (Wildman–Crippen MR) is 47.7 cm³/mol. The smallest absolute Gasteiger partial charge is 0.307 e. The molecule has 2 rings (SSSR count). The van der Waals surface area contributed by atoms with Gasteiger partial charge in [0.05, 0.1) is 10.9 Å². The number of hydrogen-bond donors (Lipinski definition) is 1. The summed E-state index contributed by atoms with van der Waals surface area (Å²) in [5, 5.41) is 9.00. The highest BCUT2D eigenvalue weighted by atomic mass is 35.5. The fourth-order valence-corrected chi connectivity index (χ4v) is 1.68. The van der Waals surface area contributed by atoms with Crippen molar-refractivity contribution in [1.29, 1.82) is 0 Å². The maximum Gasteiger partial charge on any atom is 0.307 e. The number of carboxylic acids is 1. The number of rotatable bonds is 2. The second kappa shape index (κ2) is 3.20. The van der Waals surface area contributed by atoms with Crippen LogP contribution in [0.2, 0.25) is 5.02 Å². The number of nitrogens with zero attached hydrogens (tertiary/aromatic N) is 1. The van der Waals surface area contributed by atoms with Gasteiger partial charge in [0.25, 0.3) is 0 Å². The average Bonchev–Trinajstić information content (AvgIpc) is 2.88. The Morgan fingerprint density at radius 2 is 2.43 bits per heavy atom. The van der Waals surface area contributed by atoms with Crippen molar-refractivity contribution in [3.05, 3.63) is 28.8 Å². The van der Waals surface area contributed by atoms with E-state index in [1.807, 2.05) is 0 Å². The van der Waals surface area contributed by atoms with Gasteiger partial charge in [0.1, 0.15) is 0 Å². The molecule has 0 bridgehead atoms. The van der Waals surface area contributed by atoms with Gasteiger partial charge in [-0.15, -0.1) is 0 Å². The van der Waals surface area contributed by atoms with Crippen molar-refractivity contribution in [2.45, 2.75) is 12.3 Å². The van der Waals surface area contributed by atoms with Gasteiger partial charge in [-0.05, 0) is 12.5 Å². The highest BCUT2D eigenvalue weighted by Gasteiger charge is 2.45. The molecule has 0 aliphatic heterocycles. The summed E-state index contributed by atoms with van der Waals surface area (Å²) in [6, 6.07) is 1.44. The molecule has 2 atom stereocenters. The molecule has 1 aliphatic rings. The molecule has 0 aromatic carbocycles. The van der Waals surface area contributed by atoms with Crippen LogP contribution in [0.25, 0.3) is 0 Å². The molecule has 14 heavy (non-hydrogen) atoms. The number of hydrogen-bond acceptors (Lipinski definition) is 2. The highest BCUT2D eigenvalue weighted by Crippen LogP contribution is 2.48. The second-order valence-electron chi connectivity index (χ2n) is 3.32. The summed E-state index contributed by atoms with van der Waals surface area (Å²) in [7, 11) is 0. The largest absolute Gasteiger partial charge is 0.481 e. The first kappa shape index (κ1) is 9.40. The Bertz CT molecular complexity index is 396. The zero-order valence-corrected chi connectivity index (χ0v) is 7.83. The lowest BCUT2D eigenvalue weighted by molar-refractivity contribution is -0.138. The molecule has 0 amide bonds. The topological polar surface area (TPSA) is 50.2 Å². The number of carboxylic acid groups (broad SMARTS) is 1. The van der Waals surface area contributed by atoms with Gasteiger partial charge in [-0.1, -0.05) is 11.6 Å². The molecule has 2 unspecified atom stereocenters. The van der Waals surface area contributed by atoms with E-state index in [2.05, 4.69) is 4.98 Å². The van der Waals surface area contributed by atoms with Crippen molar-refractivity contribution >= 4 is 17.6 Å². The van der Waals surface area contributed by atoms with E-state index < -0.39 is 17.8 Å².